The zero-order valence-corrected chi connectivity index (χ0v) is 14.8. The minimum atomic E-state index is -0.411. The van der Waals surface area contributed by atoms with Gasteiger partial charge in [-0.2, -0.15) is 0 Å². The Morgan fingerprint density at radius 3 is 2.70 bits per heavy atom. The van der Waals surface area contributed by atoms with Gasteiger partial charge in [-0.15, -0.1) is 5.10 Å². The number of carbonyl (C=O) groups is 1. The number of amides is 1. The van der Waals surface area contributed by atoms with Crippen LogP contribution in [0.5, 0.6) is 5.75 Å². The Labute approximate surface area is 154 Å². The van der Waals surface area contributed by atoms with Crippen molar-refractivity contribution in [2.24, 2.45) is 0 Å². The number of aryl methyl sites for hydroxylation is 1. The summed E-state index contributed by atoms with van der Waals surface area (Å²) in [4.78, 5) is 29.2. The summed E-state index contributed by atoms with van der Waals surface area (Å²) in [5.74, 6) is 0.346. The Bertz CT molecular complexity index is 1210. The molecule has 0 fully saturated rings. The number of nitrogens with one attached hydrogen (secondary N) is 1. The van der Waals surface area contributed by atoms with Gasteiger partial charge < -0.3 is 10.1 Å². The molecule has 0 atom stereocenters. The molecule has 0 saturated carbocycles. The van der Waals surface area contributed by atoms with E-state index >= 15 is 0 Å². The van der Waals surface area contributed by atoms with Crippen LogP contribution in [-0.4, -0.2) is 32.2 Å². The topological polar surface area (TPSA) is 90.5 Å². The molecule has 2 aromatic heterocycles. The van der Waals surface area contributed by atoms with Gasteiger partial charge in [-0.1, -0.05) is 12.1 Å². The molecule has 8 heteroatoms. The van der Waals surface area contributed by atoms with Crippen LogP contribution in [0.25, 0.3) is 16.6 Å². The van der Waals surface area contributed by atoms with Gasteiger partial charge in [0.1, 0.15) is 18.6 Å². The molecule has 0 radical (unpaired) electrons. The Morgan fingerprint density at radius 2 is 1.96 bits per heavy atom. The number of carbonyl (C=O) groups excluding carboxylic acids is 1. The van der Waals surface area contributed by atoms with Gasteiger partial charge in [0, 0.05) is 11.1 Å². The first kappa shape index (κ1) is 16.8. The second kappa shape index (κ2) is 6.56. The van der Waals surface area contributed by atoms with Gasteiger partial charge in [-0.05, 0) is 42.8 Å². The number of methoxy groups -OCH3 is 1. The highest BCUT2D eigenvalue weighted by atomic mass is 16.5. The molecule has 1 N–H and O–H groups in total. The summed E-state index contributed by atoms with van der Waals surface area (Å²) in [6.07, 6.45) is 1.44. The van der Waals surface area contributed by atoms with Gasteiger partial charge in [0.25, 0.3) is 0 Å². The number of fused-ring (bicyclic) bond motifs is 3. The predicted octanol–water partition coefficient (Wildman–Crippen LogP) is 2.00. The third-order valence-electron chi connectivity index (χ3n) is 4.32. The zero-order valence-electron chi connectivity index (χ0n) is 14.8. The van der Waals surface area contributed by atoms with Crippen molar-refractivity contribution in [3.8, 4) is 5.75 Å². The number of para-hydroxylation sites is 1. The van der Waals surface area contributed by atoms with E-state index in [2.05, 4.69) is 15.4 Å². The SMILES string of the molecule is COc1ccc(NC(=O)Cn2nc3c4cccc(C)c4ncn3c2=O)cc1. The van der Waals surface area contributed by atoms with E-state index < -0.39 is 5.69 Å². The van der Waals surface area contributed by atoms with Crippen LogP contribution >= 0.6 is 0 Å². The van der Waals surface area contributed by atoms with Crippen molar-refractivity contribution >= 4 is 28.1 Å². The highest BCUT2D eigenvalue weighted by Gasteiger charge is 2.14. The molecule has 2 aromatic carbocycles. The fourth-order valence-corrected chi connectivity index (χ4v) is 2.95. The van der Waals surface area contributed by atoms with E-state index in [-0.39, 0.29) is 12.5 Å². The summed E-state index contributed by atoms with van der Waals surface area (Å²) in [5, 5.41) is 7.84. The molecule has 0 unspecified atom stereocenters. The largest absolute Gasteiger partial charge is 0.497 e. The van der Waals surface area contributed by atoms with Gasteiger partial charge in [-0.25, -0.2) is 18.9 Å². The van der Waals surface area contributed by atoms with Crippen LogP contribution < -0.4 is 15.7 Å². The van der Waals surface area contributed by atoms with Crippen LogP contribution in [0, 0.1) is 6.92 Å². The minimum absolute atomic E-state index is 0.195. The van der Waals surface area contributed by atoms with Crippen LogP contribution in [0.4, 0.5) is 5.69 Å². The zero-order chi connectivity index (χ0) is 19.0. The summed E-state index contributed by atoms with van der Waals surface area (Å²) in [7, 11) is 1.57. The van der Waals surface area contributed by atoms with E-state index in [0.29, 0.717) is 17.1 Å². The minimum Gasteiger partial charge on any atom is -0.497 e. The van der Waals surface area contributed by atoms with Gasteiger partial charge >= 0.3 is 5.69 Å². The predicted molar refractivity (Wildman–Crippen MR) is 101 cm³/mol. The van der Waals surface area contributed by atoms with E-state index in [1.54, 1.807) is 31.4 Å². The van der Waals surface area contributed by atoms with Gasteiger partial charge in [0.05, 0.1) is 12.6 Å². The first-order valence-electron chi connectivity index (χ1n) is 8.34. The third kappa shape index (κ3) is 3.01. The van der Waals surface area contributed by atoms with Crippen molar-refractivity contribution < 1.29 is 9.53 Å². The maximum absolute atomic E-state index is 12.6. The summed E-state index contributed by atoms with van der Waals surface area (Å²) in [5.41, 5.74) is 2.45. The average molecular weight is 363 g/mol. The maximum Gasteiger partial charge on any atom is 0.352 e. The van der Waals surface area contributed by atoms with Crippen LogP contribution in [0.2, 0.25) is 0 Å². The summed E-state index contributed by atoms with van der Waals surface area (Å²) in [6, 6.07) is 12.6. The van der Waals surface area contributed by atoms with Crippen LogP contribution in [0.3, 0.4) is 0 Å². The lowest BCUT2D eigenvalue weighted by Gasteiger charge is -2.05. The highest BCUT2D eigenvalue weighted by molar-refractivity contribution is 5.93. The number of benzene rings is 2. The highest BCUT2D eigenvalue weighted by Crippen LogP contribution is 2.18. The summed E-state index contributed by atoms with van der Waals surface area (Å²) in [6.45, 7) is 1.75. The van der Waals surface area contributed by atoms with Crippen molar-refractivity contribution in [3.63, 3.8) is 0 Å². The molecule has 2 heterocycles. The first-order chi connectivity index (χ1) is 13.1. The van der Waals surface area contributed by atoms with Crippen molar-refractivity contribution in [1.29, 1.82) is 0 Å². The lowest BCUT2D eigenvalue weighted by atomic mass is 10.1. The normalized spacial score (nSPS) is 11.0. The van der Waals surface area contributed by atoms with E-state index in [4.69, 9.17) is 4.74 Å². The summed E-state index contributed by atoms with van der Waals surface area (Å²) >= 11 is 0. The Hall–Kier alpha value is -3.68. The molecule has 0 saturated heterocycles. The van der Waals surface area contributed by atoms with Crippen LogP contribution in [0.1, 0.15) is 5.56 Å². The average Bonchev–Trinajstić information content (AvgIpc) is 2.99. The van der Waals surface area contributed by atoms with Gasteiger partial charge in [0.2, 0.25) is 5.91 Å². The van der Waals surface area contributed by atoms with E-state index in [9.17, 15) is 9.59 Å². The fraction of sp³-hybridized carbons (Fsp3) is 0.158. The number of aromatic nitrogens is 4. The third-order valence-corrected chi connectivity index (χ3v) is 4.32. The molecule has 4 aromatic rings. The molecule has 1 amide bonds. The van der Waals surface area contributed by atoms with Gasteiger partial charge in [0.15, 0.2) is 5.65 Å². The quantitative estimate of drug-likeness (QED) is 0.599. The Kier molecular flexibility index (Phi) is 4.08. The Balaban J connectivity index is 1.64. The van der Waals surface area contributed by atoms with Gasteiger partial charge in [-0.3, -0.25) is 4.79 Å². The van der Waals surface area contributed by atoms with E-state index in [1.165, 1.54) is 10.7 Å². The number of nitrogens with zero attached hydrogens (tertiary/aromatic N) is 4. The first-order valence-corrected chi connectivity index (χ1v) is 8.34. The lowest BCUT2D eigenvalue weighted by molar-refractivity contribution is -0.117. The smallest absolute Gasteiger partial charge is 0.352 e. The molecule has 136 valence electrons. The van der Waals surface area contributed by atoms with E-state index in [0.717, 1.165) is 21.1 Å². The number of rotatable bonds is 4. The second-order valence-corrected chi connectivity index (χ2v) is 6.13. The molecule has 0 aliphatic rings. The molecule has 0 aliphatic carbocycles. The number of hydrogen-bond acceptors (Lipinski definition) is 5. The maximum atomic E-state index is 12.6. The number of hydrogen-bond donors (Lipinski definition) is 1. The van der Waals surface area contributed by atoms with Crippen molar-refractivity contribution in [2.45, 2.75) is 13.5 Å². The summed E-state index contributed by atoms with van der Waals surface area (Å²) < 4.78 is 7.57. The van der Waals surface area contributed by atoms with E-state index in [1.807, 2.05) is 25.1 Å². The van der Waals surface area contributed by atoms with Crippen molar-refractivity contribution in [2.75, 3.05) is 12.4 Å². The number of ether oxygens (including phenoxy) is 1. The molecule has 27 heavy (non-hydrogen) atoms. The molecule has 0 bridgehead atoms. The lowest BCUT2D eigenvalue weighted by Crippen LogP contribution is -2.28. The monoisotopic (exact) mass is 363 g/mol. The second-order valence-electron chi connectivity index (χ2n) is 6.13. The number of anilines is 1. The molecule has 0 spiro atoms. The standard InChI is InChI=1S/C19H17N5O3/c1-12-4-3-5-15-17(12)20-11-23-18(15)22-24(19(23)26)10-16(25)21-13-6-8-14(27-2)9-7-13/h3-9,11H,10H2,1-2H3,(H,21,25). The van der Waals surface area contributed by atoms with Crippen molar-refractivity contribution in [1.82, 2.24) is 19.2 Å². The molecular formula is C19H17N5O3. The fourth-order valence-electron chi connectivity index (χ4n) is 2.95. The van der Waals surface area contributed by atoms with Crippen molar-refractivity contribution in [3.05, 3.63) is 64.8 Å². The molecule has 8 nitrogen and oxygen atoms in total. The van der Waals surface area contributed by atoms with Crippen LogP contribution in [0.15, 0.2) is 53.6 Å². The van der Waals surface area contributed by atoms with Crippen LogP contribution in [-0.2, 0) is 11.3 Å². The Morgan fingerprint density at radius 1 is 1.19 bits per heavy atom. The molecule has 4 rings (SSSR count). The molecular weight excluding hydrogens is 346 g/mol. The molecule has 0 aliphatic heterocycles.